The van der Waals surface area contributed by atoms with E-state index < -0.39 is 0 Å². The molecule has 0 spiro atoms. The quantitative estimate of drug-likeness (QED) is 0.122. The molecule has 0 saturated heterocycles. The van der Waals surface area contributed by atoms with Crippen LogP contribution in [0.1, 0.15) is 139 Å². The first-order chi connectivity index (χ1) is 21.3. The highest BCUT2D eigenvalue weighted by Crippen LogP contribution is 2.62. The highest BCUT2D eigenvalue weighted by atomic mass is 32.1. The number of aryl methyl sites for hydroxylation is 2. The van der Waals surface area contributed by atoms with E-state index in [9.17, 15) is 14.4 Å². The number of carbonyl (C=O) groups is 3. The molecule has 0 bridgehead atoms. The molecule has 3 aliphatic rings. The molecule has 3 aliphatic carbocycles. The fourth-order valence-electron chi connectivity index (χ4n) is 8.62. The average molecular weight is 621 g/mol. The second kappa shape index (κ2) is 15.2. The lowest BCUT2D eigenvalue weighted by atomic mass is 9.54. The zero-order valence-corrected chi connectivity index (χ0v) is 27.9. The van der Waals surface area contributed by atoms with Gasteiger partial charge in [0, 0.05) is 35.8 Å². The van der Waals surface area contributed by atoms with Crippen LogP contribution >= 0.6 is 11.3 Å². The molecule has 1 aromatic heterocycles. The number of nitrogens with zero attached hydrogens (tertiary/aromatic N) is 1. The maximum Gasteiger partial charge on any atom is 0.311 e. The smallest absolute Gasteiger partial charge is 0.311 e. The van der Waals surface area contributed by atoms with Gasteiger partial charge in [-0.05, 0) is 92.4 Å². The number of amides is 1. The summed E-state index contributed by atoms with van der Waals surface area (Å²) < 4.78 is 5.78. The molecule has 5 atom stereocenters. The molecule has 1 heterocycles. The van der Waals surface area contributed by atoms with Crippen LogP contribution < -0.4 is 10.1 Å². The Kier molecular flexibility index (Phi) is 11.3. The Morgan fingerprint density at radius 1 is 1.05 bits per heavy atom. The lowest BCUT2D eigenvalue weighted by molar-refractivity contribution is -0.134. The molecule has 6 nitrogen and oxygen atoms in total. The van der Waals surface area contributed by atoms with Crippen LogP contribution in [0.15, 0.2) is 24.4 Å². The molecule has 1 aromatic carbocycles. The summed E-state index contributed by atoms with van der Waals surface area (Å²) in [5.74, 6) is 2.34. The Hall–Kier alpha value is -2.54. The van der Waals surface area contributed by atoms with E-state index in [0.29, 0.717) is 53.7 Å². The number of carbonyl (C=O) groups excluding carboxylic acids is 3. The highest BCUT2D eigenvalue weighted by molar-refractivity contribution is 7.15. The Morgan fingerprint density at radius 2 is 1.80 bits per heavy atom. The number of ether oxygens (including phenoxy) is 1. The number of anilines is 1. The van der Waals surface area contributed by atoms with E-state index in [2.05, 4.69) is 36.3 Å². The van der Waals surface area contributed by atoms with Crippen molar-refractivity contribution in [2.45, 2.75) is 136 Å². The van der Waals surface area contributed by atoms with Crippen molar-refractivity contribution < 1.29 is 19.1 Å². The van der Waals surface area contributed by atoms with Crippen molar-refractivity contribution in [1.82, 2.24) is 4.98 Å². The first kappa shape index (κ1) is 32.8. The molecule has 2 fully saturated rings. The molecular formula is C37H52N2O4S. The summed E-state index contributed by atoms with van der Waals surface area (Å²) in [6.07, 6.45) is 19.0. The third-order valence-corrected chi connectivity index (χ3v) is 11.7. The lowest BCUT2D eigenvalue weighted by Gasteiger charge is -2.50. The van der Waals surface area contributed by atoms with Crippen molar-refractivity contribution >= 4 is 34.1 Å². The van der Waals surface area contributed by atoms with E-state index in [1.807, 2.05) is 13.0 Å². The number of thiazole rings is 1. The first-order valence-electron chi connectivity index (χ1n) is 17.4. The molecule has 44 heavy (non-hydrogen) atoms. The molecule has 1 amide bonds. The standard InChI is InChI=1S/C37H52N2O4S/c1-4-5-6-7-8-9-10-11-12-13-34(42)43-28-16-18-29-26(22-28)14-17-31-30(29)20-21-37(3)32(40)23-27(35(31)37)15-19-33(41)39-36-38-24-25(2)44-36/h16,18,22,24,27,30-31,35H,4-15,17,19-21,23H2,1-3H3,(H,38,39,41)/t27-,30?,31?,35?,37-/m1/s1. The number of benzene rings is 1. The van der Waals surface area contributed by atoms with Crippen LogP contribution in [-0.2, 0) is 20.8 Å². The number of hydrogen-bond acceptors (Lipinski definition) is 6. The van der Waals surface area contributed by atoms with E-state index in [0.717, 1.165) is 49.8 Å². The maximum absolute atomic E-state index is 13.4. The Morgan fingerprint density at radius 3 is 2.52 bits per heavy atom. The minimum atomic E-state index is -0.281. The zero-order valence-electron chi connectivity index (χ0n) is 27.1. The summed E-state index contributed by atoms with van der Waals surface area (Å²) in [7, 11) is 0. The van der Waals surface area contributed by atoms with Crippen molar-refractivity contribution in [1.29, 1.82) is 0 Å². The fourth-order valence-corrected chi connectivity index (χ4v) is 9.30. The van der Waals surface area contributed by atoms with Gasteiger partial charge in [0.1, 0.15) is 11.5 Å². The van der Waals surface area contributed by atoms with Crippen molar-refractivity contribution in [2.24, 2.45) is 23.2 Å². The van der Waals surface area contributed by atoms with E-state index in [1.165, 1.54) is 67.4 Å². The van der Waals surface area contributed by atoms with E-state index >= 15 is 0 Å². The second-order valence-corrected chi connectivity index (χ2v) is 15.2. The molecule has 3 unspecified atom stereocenters. The summed E-state index contributed by atoms with van der Waals surface area (Å²) in [4.78, 5) is 44.0. The van der Waals surface area contributed by atoms with Gasteiger partial charge in [0.25, 0.3) is 0 Å². The number of Topliss-reactive ketones (excluding diaryl/α,β-unsaturated/α-hetero) is 1. The molecule has 1 N–H and O–H groups in total. The molecule has 0 radical (unpaired) electrons. The fraction of sp³-hybridized carbons (Fsp3) is 0.676. The second-order valence-electron chi connectivity index (χ2n) is 14.0. The third-order valence-electron chi connectivity index (χ3n) is 10.9. The number of esters is 1. The third kappa shape index (κ3) is 7.81. The Labute approximate surface area is 268 Å². The van der Waals surface area contributed by atoms with Crippen LogP contribution in [0.5, 0.6) is 5.75 Å². The van der Waals surface area contributed by atoms with Crippen molar-refractivity contribution in [3.8, 4) is 5.75 Å². The van der Waals surface area contributed by atoms with Gasteiger partial charge in [0.05, 0.1) is 0 Å². The van der Waals surface area contributed by atoms with Crippen LogP contribution in [0.25, 0.3) is 0 Å². The van der Waals surface area contributed by atoms with Gasteiger partial charge in [-0.3, -0.25) is 14.4 Å². The highest BCUT2D eigenvalue weighted by Gasteiger charge is 2.58. The van der Waals surface area contributed by atoms with Gasteiger partial charge in [-0.25, -0.2) is 4.98 Å². The molecule has 5 rings (SSSR count). The minimum absolute atomic E-state index is 0.0124. The summed E-state index contributed by atoms with van der Waals surface area (Å²) in [6.45, 7) is 6.42. The number of ketones is 1. The van der Waals surface area contributed by atoms with Gasteiger partial charge in [0.15, 0.2) is 5.13 Å². The zero-order chi connectivity index (χ0) is 31.1. The normalized spacial score (nSPS) is 25.7. The summed E-state index contributed by atoms with van der Waals surface area (Å²) in [5.41, 5.74) is 2.38. The molecular weight excluding hydrogens is 568 g/mol. The SMILES string of the molecule is CCCCCCCCCCCC(=O)Oc1ccc2c(c1)CCC1C2CC[C@]2(C)C(=O)C[C@@H](CCC(=O)Nc3ncc(C)s3)C12. The summed E-state index contributed by atoms with van der Waals surface area (Å²) in [6, 6.07) is 6.26. The van der Waals surface area contributed by atoms with Crippen LogP contribution in [0, 0.1) is 30.1 Å². The minimum Gasteiger partial charge on any atom is -0.427 e. The molecule has 0 aliphatic heterocycles. The van der Waals surface area contributed by atoms with Crippen molar-refractivity contribution in [3.05, 3.63) is 40.4 Å². The Balaban J connectivity index is 1.13. The summed E-state index contributed by atoms with van der Waals surface area (Å²) >= 11 is 1.49. The van der Waals surface area contributed by atoms with Gasteiger partial charge in [0.2, 0.25) is 5.91 Å². The number of fused-ring (bicyclic) bond motifs is 5. The number of rotatable bonds is 15. The topological polar surface area (TPSA) is 85.4 Å². The van der Waals surface area contributed by atoms with Gasteiger partial charge in [-0.2, -0.15) is 0 Å². The predicted molar refractivity (Wildman–Crippen MR) is 177 cm³/mol. The summed E-state index contributed by atoms with van der Waals surface area (Å²) in [5, 5.41) is 3.59. The van der Waals surface area contributed by atoms with Crippen LogP contribution in [0.3, 0.4) is 0 Å². The number of nitrogens with one attached hydrogen (secondary N) is 1. The molecule has 2 aromatic rings. The lowest BCUT2D eigenvalue weighted by Crippen LogP contribution is -2.44. The van der Waals surface area contributed by atoms with E-state index in [1.54, 1.807) is 6.20 Å². The van der Waals surface area contributed by atoms with Crippen molar-refractivity contribution in [2.75, 3.05) is 5.32 Å². The number of aromatic nitrogens is 1. The van der Waals surface area contributed by atoms with Gasteiger partial charge >= 0.3 is 5.97 Å². The molecule has 240 valence electrons. The first-order valence-corrected chi connectivity index (χ1v) is 18.2. The van der Waals surface area contributed by atoms with Crippen LogP contribution in [-0.4, -0.2) is 22.6 Å². The van der Waals surface area contributed by atoms with E-state index in [-0.39, 0.29) is 23.2 Å². The largest absolute Gasteiger partial charge is 0.427 e. The Bertz CT molecular complexity index is 1300. The monoisotopic (exact) mass is 620 g/mol. The predicted octanol–water partition coefficient (Wildman–Crippen LogP) is 9.35. The van der Waals surface area contributed by atoms with Gasteiger partial charge in [-0.1, -0.05) is 71.3 Å². The van der Waals surface area contributed by atoms with Crippen molar-refractivity contribution in [3.63, 3.8) is 0 Å². The van der Waals surface area contributed by atoms with Gasteiger partial charge in [-0.15, -0.1) is 11.3 Å². The van der Waals surface area contributed by atoms with Crippen LogP contribution in [0.4, 0.5) is 5.13 Å². The number of unbranched alkanes of at least 4 members (excludes halogenated alkanes) is 8. The average Bonchev–Trinajstić information content (AvgIpc) is 3.53. The van der Waals surface area contributed by atoms with Gasteiger partial charge < -0.3 is 10.1 Å². The number of hydrogen-bond donors (Lipinski definition) is 1. The van der Waals surface area contributed by atoms with Crippen LogP contribution in [0.2, 0.25) is 0 Å². The molecule has 7 heteroatoms. The maximum atomic E-state index is 13.4. The molecule has 2 saturated carbocycles. The van der Waals surface area contributed by atoms with E-state index in [4.69, 9.17) is 4.74 Å².